The van der Waals surface area contributed by atoms with Gasteiger partial charge in [0.25, 0.3) is 11.5 Å². The highest BCUT2D eigenvalue weighted by Crippen LogP contribution is 2.29. The van der Waals surface area contributed by atoms with E-state index in [-0.39, 0.29) is 11.5 Å². The van der Waals surface area contributed by atoms with Gasteiger partial charge >= 0.3 is 0 Å². The second-order valence-electron chi connectivity index (χ2n) is 8.62. The Morgan fingerprint density at radius 2 is 1.59 bits per heavy atom. The average molecular weight is 430 g/mol. The summed E-state index contributed by atoms with van der Waals surface area (Å²) in [5, 5.41) is 6.16. The lowest BCUT2D eigenvalue weighted by atomic mass is 10.1. The van der Waals surface area contributed by atoms with Crippen LogP contribution in [0.15, 0.2) is 59.4 Å². The van der Waals surface area contributed by atoms with Gasteiger partial charge in [0.1, 0.15) is 5.52 Å². The Labute approximate surface area is 186 Å². The van der Waals surface area contributed by atoms with Gasteiger partial charge in [-0.1, -0.05) is 36.4 Å². The molecular formula is C25H27N5O2. The molecule has 2 aromatic heterocycles. The highest BCUT2D eigenvalue weighted by Gasteiger charge is 2.29. The zero-order valence-corrected chi connectivity index (χ0v) is 18.7. The minimum absolute atomic E-state index is 0.126. The van der Waals surface area contributed by atoms with Crippen molar-refractivity contribution in [2.75, 3.05) is 26.2 Å². The zero-order chi connectivity index (χ0) is 22.4. The molecule has 0 spiro atoms. The van der Waals surface area contributed by atoms with Crippen LogP contribution in [0.3, 0.4) is 0 Å². The molecule has 2 aromatic carbocycles. The molecule has 32 heavy (non-hydrogen) atoms. The molecule has 1 amide bonds. The minimum Gasteiger partial charge on any atom is -0.339 e. The Morgan fingerprint density at radius 3 is 2.28 bits per heavy atom. The molecule has 0 radical (unpaired) electrons. The predicted molar refractivity (Wildman–Crippen MR) is 126 cm³/mol. The molecule has 3 heterocycles. The number of aromatic nitrogens is 3. The fraction of sp³-hybridized carbons (Fsp3) is 0.320. The van der Waals surface area contributed by atoms with Gasteiger partial charge in [0.05, 0.1) is 5.69 Å². The predicted octanol–water partition coefficient (Wildman–Crippen LogP) is 3.04. The maximum absolute atomic E-state index is 13.8. The summed E-state index contributed by atoms with van der Waals surface area (Å²) in [4.78, 5) is 31.5. The van der Waals surface area contributed by atoms with E-state index in [9.17, 15) is 9.59 Å². The molecule has 0 atom stereocenters. The Hall–Kier alpha value is -3.45. The average Bonchev–Trinajstić information content (AvgIpc) is 3.13. The van der Waals surface area contributed by atoms with Gasteiger partial charge in [0, 0.05) is 55.6 Å². The second-order valence-corrected chi connectivity index (χ2v) is 8.62. The van der Waals surface area contributed by atoms with Gasteiger partial charge in [-0.25, -0.2) is 0 Å². The molecule has 1 aliphatic rings. The monoisotopic (exact) mass is 429 g/mol. The van der Waals surface area contributed by atoms with Crippen LogP contribution in [0.1, 0.15) is 24.3 Å². The van der Waals surface area contributed by atoms with Crippen LogP contribution < -0.4 is 5.56 Å². The molecule has 5 rings (SSSR count). The number of hydrogen-bond acceptors (Lipinski definition) is 4. The standard InChI is InChI=1S/C25H27N5O2/c1-17(2)28-13-15-29(16-14-28)24(31)22-21-19-11-7-8-12-20(19)27(3)23(21)25(32)30(26-22)18-9-5-4-6-10-18/h4-12,17H,13-16H2,1-3H3. The molecule has 0 bridgehead atoms. The van der Waals surface area contributed by atoms with E-state index in [1.54, 1.807) is 0 Å². The van der Waals surface area contributed by atoms with E-state index in [4.69, 9.17) is 0 Å². The second kappa shape index (κ2) is 7.91. The third kappa shape index (κ3) is 3.20. The van der Waals surface area contributed by atoms with Crippen LogP contribution in [0.4, 0.5) is 0 Å². The molecular weight excluding hydrogens is 402 g/mol. The molecule has 0 N–H and O–H groups in total. The van der Waals surface area contributed by atoms with Crippen molar-refractivity contribution in [1.82, 2.24) is 24.1 Å². The van der Waals surface area contributed by atoms with E-state index >= 15 is 0 Å². The first-order valence-corrected chi connectivity index (χ1v) is 11.1. The van der Waals surface area contributed by atoms with Crippen molar-refractivity contribution in [2.24, 2.45) is 7.05 Å². The van der Waals surface area contributed by atoms with Crippen LogP contribution in [0, 0.1) is 0 Å². The number of benzene rings is 2. The number of hydrogen-bond donors (Lipinski definition) is 0. The van der Waals surface area contributed by atoms with Crippen molar-refractivity contribution < 1.29 is 4.79 Å². The third-order valence-corrected chi connectivity index (χ3v) is 6.47. The summed E-state index contributed by atoms with van der Waals surface area (Å²) in [7, 11) is 1.87. The maximum Gasteiger partial charge on any atom is 0.296 e. The summed E-state index contributed by atoms with van der Waals surface area (Å²) in [6, 6.07) is 17.5. The summed E-state index contributed by atoms with van der Waals surface area (Å²) >= 11 is 0. The third-order valence-electron chi connectivity index (χ3n) is 6.47. The van der Waals surface area contributed by atoms with Crippen molar-refractivity contribution in [3.05, 3.63) is 70.6 Å². The molecule has 164 valence electrons. The number of nitrogens with zero attached hydrogens (tertiary/aromatic N) is 5. The number of carbonyl (C=O) groups is 1. The number of amides is 1. The van der Waals surface area contributed by atoms with E-state index in [1.807, 2.05) is 71.1 Å². The fourth-order valence-electron chi connectivity index (χ4n) is 4.66. The first-order chi connectivity index (χ1) is 15.5. The Kier molecular flexibility index (Phi) is 5.06. The number of fused-ring (bicyclic) bond motifs is 3. The van der Waals surface area contributed by atoms with Gasteiger partial charge in [-0.05, 0) is 32.0 Å². The molecule has 7 heteroatoms. The molecule has 0 aliphatic carbocycles. The number of carbonyl (C=O) groups excluding carboxylic acids is 1. The lowest BCUT2D eigenvalue weighted by Crippen LogP contribution is -2.51. The van der Waals surface area contributed by atoms with Gasteiger partial charge in [-0.2, -0.15) is 9.78 Å². The first-order valence-electron chi connectivity index (χ1n) is 11.1. The van der Waals surface area contributed by atoms with Gasteiger partial charge in [-0.3, -0.25) is 14.5 Å². The van der Waals surface area contributed by atoms with Gasteiger partial charge in [0.15, 0.2) is 5.69 Å². The number of aryl methyl sites for hydroxylation is 1. The molecule has 1 fully saturated rings. The van der Waals surface area contributed by atoms with E-state index in [0.29, 0.717) is 41.4 Å². The van der Waals surface area contributed by atoms with E-state index in [1.165, 1.54) is 4.68 Å². The molecule has 0 unspecified atom stereocenters. The van der Waals surface area contributed by atoms with Crippen molar-refractivity contribution in [2.45, 2.75) is 19.9 Å². The quantitative estimate of drug-likeness (QED) is 0.502. The van der Waals surface area contributed by atoms with Crippen molar-refractivity contribution >= 4 is 27.7 Å². The molecule has 0 saturated carbocycles. The largest absolute Gasteiger partial charge is 0.339 e. The van der Waals surface area contributed by atoms with Crippen LogP contribution >= 0.6 is 0 Å². The Bertz CT molecular complexity index is 1360. The molecule has 1 aliphatic heterocycles. The van der Waals surface area contributed by atoms with E-state index in [0.717, 1.165) is 24.0 Å². The smallest absolute Gasteiger partial charge is 0.296 e. The highest BCUT2D eigenvalue weighted by atomic mass is 16.2. The van der Waals surface area contributed by atoms with Crippen LogP contribution in [-0.4, -0.2) is 62.3 Å². The van der Waals surface area contributed by atoms with Crippen LogP contribution in [0.25, 0.3) is 27.5 Å². The van der Waals surface area contributed by atoms with Crippen molar-refractivity contribution in [3.8, 4) is 5.69 Å². The van der Waals surface area contributed by atoms with Gasteiger partial charge in [-0.15, -0.1) is 0 Å². The number of piperazine rings is 1. The fourth-order valence-corrected chi connectivity index (χ4v) is 4.66. The Balaban J connectivity index is 1.72. The SMILES string of the molecule is CC(C)N1CCN(C(=O)c2nn(-c3ccccc3)c(=O)c3c2c2ccccc2n3C)CC1. The summed E-state index contributed by atoms with van der Waals surface area (Å²) in [6.07, 6.45) is 0. The van der Waals surface area contributed by atoms with Gasteiger partial charge in [0.2, 0.25) is 0 Å². The number of rotatable bonds is 3. The van der Waals surface area contributed by atoms with Crippen LogP contribution in [0.5, 0.6) is 0 Å². The van der Waals surface area contributed by atoms with Crippen molar-refractivity contribution in [1.29, 1.82) is 0 Å². The zero-order valence-electron chi connectivity index (χ0n) is 18.7. The maximum atomic E-state index is 13.8. The first kappa shape index (κ1) is 20.5. The molecule has 1 saturated heterocycles. The van der Waals surface area contributed by atoms with Crippen LogP contribution in [0.2, 0.25) is 0 Å². The van der Waals surface area contributed by atoms with Crippen LogP contribution in [-0.2, 0) is 7.05 Å². The highest BCUT2D eigenvalue weighted by molar-refractivity contribution is 6.16. The Morgan fingerprint density at radius 1 is 0.938 bits per heavy atom. The van der Waals surface area contributed by atoms with Crippen molar-refractivity contribution in [3.63, 3.8) is 0 Å². The lowest BCUT2D eigenvalue weighted by molar-refractivity contribution is 0.0590. The number of para-hydroxylation sites is 2. The minimum atomic E-state index is -0.230. The van der Waals surface area contributed by atoms with E-state index in [2.05, 4.69) is 23.8 Å². The van der Waals surface area contributed by atoms with E-state index < -0.39 is 0 Å². The summed E-state index contributed by atoms with van der Waals surface area (Å²) in [5.41, 5.74) is 2.15. The van der Waals surface area contributed by atoms with Gasteiger partial charge < -0.3 is 9.47 Å². The molecule has 7 nitrogen and oxygen atoms in total. The summed E-state index contributed by atoms with van der Waals surface area (Å²) < 4.78 is 3.24. The molecule has 4 aromatic rings. The normalized spacial score (nSPS) is 15.2. The summed E-state index contributed by atoms with van der Waals surface area (Å²) in [6.45, 7) is 7.31. The topological polar surface area (TPSA) is 63.4 Å². The lowest BCUT2D eigenvalue weighted by Gasteiger charge is -2.36. The summed E-state index contributed by atoms with van der Waals surface area (Å²) in [5.74, 6) is -0.126.